The van der Waals surface area contributed by atoms with Gasteiger partial charge in [0.1, 0.15) is 10.6 Å². The fourth-order valence-electron chi connectivity index (χ4n) is 5.49. The number of carbonyl (C=O) groups is 1. The lowest BCUT2D eigenvalue weighted by atomic mass is 9.87. The van der Waals surface area contributed by atoms with Crippen molar-refractivity contribution < 1.29 is 9.53 Å². The first-order valence-corrected chi connectivity index (χ1v) is 13.7. The normalized spacial score (nSPS) is 21.0. The number of nitrogens with zero attached hydrogens (tertiary/aromatic N) is 5. The molecule has 3 aromatic rings. The first-order chi connectivity index (χ1) is 17.5. The minimum Gasteiger partial charge on any atom is -0.383 e. The number of amides is 1. The summed E-state index contributed by atoms with van der Waals surface area (Å²) in [4.78, 5) is 25.1. The van der Waals surface area contributed by atoms with Crippen molar-refractivity contribution in [3.63, 3.8) is 0 Å². The van der Waals surface area contributed by atoms with Gasteiger partial charge >= 0.3 is 0 Å². The Morgan fingerprint density at radius 1 is 1.17 bits per heavy atom. The summed E-state index contributed by atoms with van der Waals surface area (Å²) in [6.07, 6.45) is 11.3. The molecule has 1 amide bonds. The topological polar surface area (TPSA) is 137 Å². The number of nitrogens with two attached hydrogens (primary N) is 2. The minimum atomic E-state index is -0.257. The van der Waals surface area contributed by atoms with Crippen molar-refractivity contribution >= 4 is 45.0 Å². The predicted molar refractivity (Wildman–Crippen MR) is 142 cm³/mol. The van der Waals surface area contributed by atoms with Crippen LogP contribution >= 0.6 is 11.3 Å². The van der Waals surface area contributed by atoms with Crippen LogP contribution in [0.2, 0.25) is 0 Å². The SMILES string of the molecule is C1CCC(N2CCOCC2)CC1.Cn1ccc(Nc2nc(N)c3c4c(sc3n2)CCC(C(N)=O)C4)n1. The Hall–Kier alpha value is -2.76. The number of hydrogen-bond acceptors (Lipinski definition) is 9. The average molecular weight is 513 g/mol. The summed E-state index contributed by atoms with van der Waals surface area (Å²) in [5.74, 6) is 1.10. The van der Waals surface area contributed by atoms with E-state index in [0.717, 1.165) is 47.9 Å². The molecular formula is C25H36N8O2S. The number of anilines is 3. The highest BCUT2D eigenvalue weighted by Gasteiger charge is 2.28. The molecule has 3 aliphatic rings. The second kappa shape index (κ2) is 11.1. The van der Waals surface area contributed by atoms with E-state index in [-0.39, 0.29) is 11.8 Å². The number of nitrogens with one attached hydrogen (secondary N) is 1. The first kappa shape index (κ1) is 24.9. The summed E-state index contributed by atoms with van der Waals surface area (Å²) in [5, 5.41) is 8.16. The average Bonchev–Trinajstić information content (AvgIpc) is 3.47. The molecule has 0 aromatic carbocycles. The zero-order chi connectivity index (χ0) is 25.1. The van der Waals surface area contributed by atoms with Crippen LogP contribution in [0, 0.1) is 5.92 Å². The van der Waals surface area contributed by atoms with Crippen LogP contribution in [0.15, 0.2) is 12.3 Å². The molecule has 6 rings (SSSR count). The fraction of sp³-hybridized carbons (Fsp3) is 0.600. The van der Waals surface area contributed by atoms with Gasteiger partial charge in [0, 0.05) is 49.2 Å². The van der Waals surface area contributed by atoms with Crippen LogP contribution < -0.4 is 16.8 Å². The molecule has 36 heavy (non-hydrogen) atoms. The number of thiophene rings is 1. The van der Waals surface area contributed by atoms with Gasteiger partial charge in [0.25, 0.3) is 0 Å². The molecule has 1 saturated heterocycles. The van der Waals surface area contributed by atoms with Crippen LogP contribution in [0.4, 0.5) is 17.6 Å². The van der Waals surface area contributed by atoms with Crippen LogP contribution in [-0.4, -0.2) is 62.9 Å². The lowest BCUT2D eigenvalue weighted by Crippen LogP contribution is -2.44. The second-order valence-electron chi connectivity index (χ2n) is 9.90. The maximum atomic E-state index is 11.5. The molecule has 0 radical (unpaired) electrons. The van der Waals surface area contributed by atoms with E-state index in [1.807, 2.05) is 19.3 Å². The van der Waals surface area contributed by atoms with Crippen molar-refractivity contribution in [2.45, 2.75) is 57.4 Å². The summed E-state index contributed by atoms with van der Waals surface area (Å²) in [7, 11) is 1.84. The van der Waals surface area contributed by atoms with Gasteiger partial charge in [0.2, 0.25) is 11.9 Å². The number of primary amides is 1. The maximum absolute atomic E-state index is 11.5. The maximum Gasteiger partial charge on any atom is 0.231 e. The fourth-order valence-corrected chi connectivity index (χ4v) is 6.71. The monoisotopic (exact) mass is 512 g/mol. The number of ether oxygens (including phenoxy) is 1. The van der Waals surface area contributed by atoms with Crippen LogP contribution in [0.25, 0.3) is 10.2 Å². The Morgan fingerprint density at radius 2 is 1.94 bits per heavy atom. The molecule has 1 atom stereocenters. The summed E-state index contributed by atoms with van der Waals surface area (Å²) < 4.78 is 7.04. The number of aromatic nitrogens is 4. The highest BCUT2D eigenvalue weighted by Crippen LogP contribution is 2.40. The summed E-state index contributed by atoms with van der Waals surface area (Å²) >= 11 is 1.61. The Balaban J connectivity index is 0.000000186. The number of fused-ring (bicyclic) bond motifs is 3. The van der Waals surface area contributed by atoms with Gasteiger partial charge in [-0.05, 0) is 37.7 Å². The quantitative estimate of drug-likeness (QED) is 0.485. The number of carbonyl (C=O) groups excluding carboxylic acids is 1. The van der Waals surface area contributed by atoms with Gasteiger partial charge in [-0.2, -0.15) is 10.1 Å². The van der Waals surface area contributed by atoms with E-state index >= 15 is 0 Å². The highest BCUT2D eigenvalue weighted by molar-refractivity contribution is 7.19. The Bertz CT molecular complexity index is 1180. The van der Waals surface area contributed by atoms with Gasteiger partial charge in [-0.15, -0.1) is 11.3 Å². The molecule has 0 bridgehead atoms. The summed E-state index contributed by atoms with van der Waals surface area (Å²) in [6.45, 7) is 4.25. The molecule has 1 aliphatic heterocycles. The highest BCUT2D eigenvalue weighted by atomic mass is 32.1. The molecule has 5 N–H and O–H groups in total. The summed E-state index contributed by atoms with van der Waals surface area (Å²) in [5.41, 5.74) is 12.7. The number of hydrogen-bond donors (Lipinski definition) is 3. The third-order valence-electron chi connectivity index (χ3n) is 7.43. The van der Waals surface area contributed by atoms with Crippen molar-refractivity contribution in [1.29, 1.82) is 0 Å². The molecule has 0 spiro atoms. The number of morpholine rings is 1. The van der Waals surface area contributed by atoms with E-state index in [1.54, 1.807) is 16.0 Å². The lowest BCUT2D eigenvalue weighted by molar-refractivity contribution is -0.122. The third-order valence-corrected chi connectivity index (χ3v) is 8.61. The molecule has 11 heteroatoms. The third kappa shape index (κ3) is 5.63. The van der Waals surface area contributed by atoms with Crippen molar-refractivity contribution in [3.8, 4) is 0 Å². The van der Waals surface area contributed by atoms with E-state index in [4.69, 9.17) is 16.2 Å². The van der Waals surface area contributed by atoms with Crippen LogP contribution in [0.3, 0.4) is 0 Å². The molecule has 4 heterocycles. The van der Waals surface area contributed by atoms with Crippen molar-refractivity contribution in [2.24, 2.45) is 18.7 Å². The van der Waals surface area contributed by atoms with E-state index in [1.165, 1.54) is 50.1 Å². The van der Waals surface area contributed by atoms with Gasteiger partial charge in [-0.3, -0.25) is 14.4 Å². The van der Waals surface area contributed by atoms with E-state index in [9.17, 15) is 4.79 Å². The number of rotatable bonds is 4. The predicted octanol–water partition coefficient (Wildman–Crippen LogP) is 2.99. The van der Waals surface area contributed by atoms with E-state index in [0.29, 0.717) is 24.0 Å². The minimum absolute atomic E-state index is 0.138. The standard InChI is InChI=1S/C15H17N7OS.C10H19NO/c1-22-5-4-10(21-22)18-15-19-12(16)11-8-6-7(13(17)23)2-3-9(8)24-14(11)20-15;1-2-4-10(5-3-1)11-6-8-12-9-7-11/h4-5,7H,2-3,6H2,1H3,(H2,17,23)(H3,16,18,19,20,21);10H,1-9H2. The van der Waals surface area contributed by atoms with E-state index < -0.39 is 0 Å². The first-order valence-electron chi connectivity index (χ1n) is 12.9. The van der Waals surface area contributed by atoms with Gasteiger partial charge < -0.3 is 21.5 Å². The Kier molecular flexibility index (Phi) is 7.68. The van der Waals surface area contributed by atoms with Crippen LogP contribution in [-0.2, 0) is 29.4 Å². The molecule has 3 aromatic heterocycles. The molecule has 1 unspecified atom stereocenters. The zero-order valence-electron chi connectivity index (χ0n) is 20.9. The number of aryl methyl sites for hydroxylation is 2. The van der Waals surface area contributed by atoms with Crippen LogP contribution in [0.5, 0.6) is 0 Å². The molecule has 10 nitrogen and oxygen atoms in total. The van der Waals surface area contributed by atoms with Gasteiger partial charge in [-0.25, -0.2) is 4.98 Å². The van der Waals surface area contributed by atoms with Crippen LogP contribution in [0.1, 0.15) is 49.0 Å². The number of nitrogen functional groups attached to an aromatic ring is 1. The van der Waals surface area contributed by atoms with Crippen molar-refractivity contribution in [2.75, 3.05) is 37.4 Å². The smallest absolute Gasteiger partial charge is 0.231 e. The van der Waals surface area contributed by atoms with Crippen molar-refractivity contribution in [1.82, 2.24) is 24.6 Å². The molecule has 1 saturated carbocycles. The molecule has 2 aliphatic carbocycles. The van der Waals surface area contributed by atoms with E-state index in [2.05, 4.69) is 25.3 Å². The van der Waals surface area contributed by atoms with Gasteiger partial charge in [0.05, 0.1) is 18.6 Å². The van der Waals surface area contributed by atoms with Gasteiger partial charge in [0.15, 0.2) is 5.82 Å². The Morgan fingerprint density at radius 3 is 2.64 bits per heavy atom. The zero-order valence-corrected chi connectivity index (χ0v) is 21.7. The Labute approximate surface area is 215 Å². The lowest BCUT2D eigenvalue weighted by Gasteiger charge is -2.36. The second-order valence-corrected chi connectivity index (χ2v) is 11.0. The molecular weight excluding hydrogens is 476 g/mol. The largest absolute Gasteiger partial charge is 0.383 e. The van der Waals surface area contributed by atoms with Crippen molar-refractivity contribution in [3.05, 3.63) is 22.7 Å². The summed E-state index contributed by atoms with van der Waals surface area (Å²) in [6, 6.07) is 2.73. The molecule has 194 valence electrons. The molecule has 2 fully saturated rings. The van der Waals surface area contributed by atoms with Gasteiger partial charge in [-0.1, -0.05) is 19.3 Å².